The average molecular weight is 247 g/mol. The lowest BCUT2D eigenvalue weighted by Gasteiger charge is -2.09. The molecule has 1 aliphatic heterocycles. The molecule has 0 N–H and O–H groups in total. The maximum absolute atomic E-state index is 11.7. The predicted octanol–water partition coefficient (Wildman–Crippen LogP) is 1.48. The monoisotopic (exact) mass is 247 g/mol. The molecular formula is C14H17NO3. The first kappa shape index (κ1) is 15.9. The largest absolute Gasteiger partial charge is 0.303 e. The normalized spacial score (nSPS) is 18.7. The van der Waals surface area contributed by atoms with Crippen LogP contribution in [0, 0.1) is 12.3 Å². The smallest absolute Gasteiger partial charge is 0.261 e. The minimum absolute atomic E-state index is 0.163. The first-order valence-electron chi connectivity index (χ1n) is 5.59. The molecule has 0 radical (unpaired) electrons. The van der Waals surface area contributed by atoms with Gasteiger partial charge in [0.1, 0.15) is 6.29 Å². The van der Waals surface area contributed by atoms with Crippen LogP contribution in [0.5, 0.6) is 0 Å². The zero-order chi connectivity index (χ0) is 14.1. The second-order valence-corrected chi connectivity index (χ2v) is 3.41. The minimum Gasteiger partial charge on any atom is -0.303 e. The third kappa shape index (κ3) is 3.42. The van der Waals surface area contributed by atoms with E-state index in [1.54, 1.807) is 32.9 Å². The zero-order valence-corrected chi connectivity index (χ0v) is 10.9. The van der Waals surface area contributed by atoms with Crippen LogP contribution in [-0.4, -0.2) is 29.5 Å². The fraction of sp³-hybridized carbons (Fsp3) is 0.357. The number of amides is 2. The Bertz CT molecular complexity index is 408. The topological polar surface area (TPSA) is 54.5 Å². The highest BCUT2D eigenvalue weighted by atomic mass is 16.2. The summed E-state index contributed by atoms with van der Waals surface area (Å²) in [6.07, 6.45) is 8.72. The Labute approximate surface area is 107 Å². The Hall–Kier alpha value is -2.15. The van der Waals surface area contributed by atoms with E-state index in [4.69, 9.17) is 0 Å². The second-order valence-electron chi connectivity index (χ2n) is 3.41. The number of imide groups is 1. The van der Waals surface area contributed by atoms with E-state index in [1.807, 2.05) is 0 Å². The molecule has 1 rings (SSSR count). The number of carbonyl (C=O) groups is 3. The molecule has 4 heteroatoms. The van der Waals surface area contributed by atoms with Gasteiger partial charge in [-0.1, -0.05) is 12.2 Å². The zero-order valence-electron chi connectivity index (χ0n) is 10.9. The summed E-state index contributed by atoms with van der Waals surface area (Å²) < 4.78 is 0. The maximum atomic E-state index is 11.7. The highest BCUT2D eigenvalue weighted by Crippen LogP contribution is 2.24. The van der Waals surface area contributed by atoms with Gasteiger partial charge in [-0.15, -0.1) is 12.3 Å². The van der Waals surface area contributed by atoms with E-state index in [0.29, 0.717) is 17.4 Å². The van der Waals surface area contributed by atoms with Crippen LogP contribution in [0.4, 0.5) is 0 Å². The Morgan fingerprint density at radius 1 is 1.17 bits per heavy atom. The number of terminal acetylenes is 1. The van der Waals surface area contributed by atoms with E-state index < -0.39 is 0 Å². The van der Waals surface area contributed by atoms with Gasteiger partial charge in [-0.25, -0.2) is 0 Å². The summed E-state index contributed by atoms with van der Waals surface area (Å²) in [6, 6.07) is 0. The number of aldehydes is 1. The van der Waals surface area contributed by atoms with E-state index in [-0.39, 0.29) is 24.8 Å². The average Bonchev–Trinajstić information content (AvgIpc) is 2.58. The lowest BCUT2D eigenvalue weighted by Crippen LogP contribution is -2.30. The van der Waals surface area contributed by atoms with Gasteiger partial charge in [0.05, 0.1) is 0 Å². The van der Waals surface area contributed by atoms with Crippen molar-refractivity contribution < 1.29 is 14.4 Å². The van der Waals surface area contributed by atoms with Gasteiger partial charge in [-0.05, 0) is 20.8 Å². The molecule has 0 aromatic carbocycles. The molecule has 0 atom stereocenters. The number of nitrogens with zero attached hydrogens (tertiary/aromatic N) is 1. The van der Waals surface area contributed by atoms with Gasteiger partial charge in [0.2, 0.25) is 0 Å². The summed E-state index contributed by atoms with van der Waals surface area (Å²) in [4.78, 5) is 34.7. The van der Waals surface area contributed by atoms with Crippen LogP contribution in [0.3, 0.4) is 0 Å². The SMILES string of the molecule is C#CC.C/C=C1/C(=O)N(CCC=O)C(=O)/C1=C/C. The Morgan fingerprint density at radius 2 is 1.56 bits per heavy atom. The second kappa shape index (κ2) is 8.02. The molecule has 4 nitrogen and oxygen atoms in total. The molecule has 18 heavy (non-hydrogen) atoms. The fourth-order valence-corrected chi connectivity index (χ4v) is 1.56. The van der Waals surface area contributed by atoms with Crippen LogP contribution in [-0.2, 0) is 14.4 Å². The molecule has 0 aliphatic carbocycles. The quantitative estimate of drug-likeness (QED) is 0.328. The van der Waals surface area contributed by atoms with Gasteiger partial charge >= 0.3 is 0 Å². The molecule has 1 saturated heterocycles. The van der Waals surface area contributed by atoms with E-state index in [2.05, 4.69) is 12.3 Å². The van der Waals surface area contributed by atoms with Crippen LogP contribution in [0.2, 0.25) is 0 Å². The van der Waals surface area contributed by atoms with Crippen molar-refractivity contribution in [2.75, 3.05) is 6.54 Å². The van der Waals surface area contributed by atoms with Gasteiger partial charge < -0.3 is 4.79 Å². The standard InChI is InChI=1S/C11H13NO3.C3H4/c1-3-8-9(4-2)11(15)12(10(8)14)6-5-7-13;1-3-2/h3-4,7H,5-6H2,1-2H3;1H,2H3/b8-3+,9-4+;. The van der Waals surface area contributed by atoms with Gasteiger partial charge in [-0.2, -0.15) is 0 Å². The summed E-state index contributed by atoms with van der Waals surface area (Å²) in [5.41, 5.74) is 0.849. The number of hydrogen-bond acceptors (Lipinski definition) is 3. The molecule has 0 spiro atoms. The van der Waals surface area contributed by atoms with Crippen molar-refractivity contribution in [3.63, 3.8) is 0 Å². The van der Waals surface area contributed by atoms with Gasteiger partial charge in [0.25, 0.3) is 11.8 Å². The molecule has 0 unspecified atom stereocenters. The molecule has 0 aromatic rings. The van der Waals surface area contributed by atoms with Crippen LogP contribution >= 0.6 is 0 Å². The molecule has 96 valence electrons. The van der Waals surface area contributed by atoms with E-state index >= 15 is 0 Å². The number of allylic oxidation sites excluding steroid dienone is 2. The van der Waals surface area contributed by atoms with Crippen molar-refractivity contribution in [2.45, 2.75) is 27.2 Å². The number of rotatable bonds is 3. The Kier molecular flexibility index (Phi) is 7.06. The van der Waals surface area contributed by atoms with Crippen molar-refractivity contribution in [1.82, 2.24) is 4.90 Å². The first-order valence-corrected chi connectivity index (χ1v) is 5.59. The van der Waals surface area contributed by atoms with Crippen molar-refractivity contribution in [3.8, 4) is 12.3 Å². The molecule has 0 aromatic heterocycles. The van der Waals surface area contributed by atoms with Crippen LogP contribution in [0.25, 0.3) is 0 Å². The molecule has 0 bridgehead atoms. The summed E-state index contributed by atoms with van der Waals surface area (Å²) in [5.74, 6) is 1.63. The number of likely N-dealkylation sites (tertiary alicyclic amines) is 1. The number of hydrogen-bond donors (Lipinski definition) is 0. The Balaban J connectivity index is 0.000000873. The lowest BCUT2D eigenvalue weighted by atomic mass is 10.1. The molecule has 1 fully saturated rings. The highest BCUT2D eigenvalue weighted by Gasteiger charge is 2.36. The van der Waals surface area contributed by atoms with E-state index in [1.165, 1.54) is 0 Å². The molecule has 1 heterocycles. The van der Waals surface area contributed by atoms with Gasteiger partial charge in [-0.3, -0.25) is 14.5 Å². The van der Waals surface area contributed by atoms with Crippen molar-refractivity contribution in [2.24, 2.45) is 0 Å². The Morgan fingerprint density at radius 3 is 1.83 bits per heavy atom. The summed E-state index contributed by atoms with van der Waals surface area (Å²) >= 11 is 0. The number of carbonyl (C=O) groups excluding carboxylic acids is 3. The third-order valence-electron chi connectivity index (χ3n) is 2.29. The van der Waals surface area contributed by atoms with Gasteiger partial charge in [0, 0.05) is 24.1 Å². The van der Waals surface area contributed by atoms with Crippen molar-refractivity contribution in [1.29, 1.82) is 0 Å². The molecule has 0 saturated carbocycles. The van der Waals surface area contributed by atoms with Crippen molar-refractivity contribution in [3.05, 3.63) is 23.3 Å². The molecular weight excluding hydrogens is 230 g/mol. The van der Waals surface area contributed by atoms with Crippen LogP contribution < -0.4 is 0 Å². The highest BCUT2D eigenvalue weighted by molar-refractivity contribution is 6.24. The van der Waals surface area contributed by atoms with Crippen LogP contribution in [0.1, 0.15) is 27.2 Å². The summed E-state index contributed by atoms with van der Waals surface area (Å²) in [7, 11) is 0. The van der Waals surface area contributed by atoms with Gasteiger partial charge in [0.15, 0.2) is 0 Å². The summed E-state index contributed by atoms with van der Waals surface area (Å²) in [6.45, 7) is 5.25. The predicted molar refractivity (Wildman–Crippen MR) is 69.4 cm³/mol. The summed E-state index contributed by atoms with van der Waals surface area (Å²) in [5, 5.41) is 0. The molecule has 2 amide bonds. The minimum atomic E-state index is -0.308. The van der Waals surface area contributed by atoms with E-state index in [9.17, 15) is 14.4 Å². The first-order chi connectivity index (χ1) is 8.58. The van der Waals surface area contributed by atoms with E-state index in [0.717, 1.165) is 4.90 Å². The molecule has 1 aliphatic rings. The maximum Gasteiger partial charge on any atom is 0.261 e. The van der Waals surface area contributed by atoms with Crippen molar-refractivity contribution >= 4 is 18.1 Å². The fourth-order valence-electron chi connectivity index (χ4n) is 1.56. The van der Waals surface area contributed by atoms with Crippen LogP contribution in [0.15, 0.2) is 23.3 Å². The third-order valence-corrected chi connectivity index (χ3v) is 2.29. The lowest BCUT2D eigenvalue weighted by molar-refractivity contribution is -0.136.